The quantitative estimate of drug-likeness (QED) is 0.551. The Labute approximate surface area is 138 Å². The lowest BCUT2D eigenvalue weighted by Crippen LogP contribution is -1.98. The van der Waals surface area contributed by atoms with Crippen LogP contribution in [0, 0.1) is 13.8 Å². The third-order valence-electron chi connectivity index (χ3n) is 4.57. The zero-order valence-corrected chi connectivity index (χ0v) is 13.8. The highest BCUT2D eigenvalue weighted by molar-refractivity contribution is 6.13. The molecule has 0 aliphatic heterocycles. The molecule has 0 aliphatic carbocycles. The molecule has 0 spiro atoms. The van der Waals surface area contributed by atoms with Crippen molar-refractivity contribution in [2.45, 2.75) is 13.8 Å². The Balaban J connectivity index is 2.14. The first-order valence-corrected chi connectivity index (χ1v) is 7.78. The summed E-state index contributed by atoms with van der Waals surface area (Å²) in [5, 5.41) is 2.05. The van der Waals surface area contributed by atoms with Gasteiger partial charge < -0.3 is 14.1 Å². The van der Waals surface area contributed by atoms with E-state index in [1.54, 1.807) is 13.2 Å². The molecule has 4 heteroatoms. The molecule has 4 rings (SSSR count). The van der Waals surface area contributed by atoms with Crippen LogP contribution in [0.3, 0.4) is 0 Å². The lowest BCUT2D eigenvalue weighted by molar-refractivity contribution is 0.415. The Hall–Kier alpha value is -3.01. The number of aryl methyl sites for hydroxylation is 2. The summed E-state index contributed by atoms with van der Waals surface area (Å²) in [6.07, 6.45) is 0. The molecule has 0 radical (unpaired) electrons. The van der Waals surface area contributed by atoms with Gasteiger partial charge in [-0.15, -0.1) is 0 Å². The Kier molecular flexibility index (Phi) is 3.20. The monoisotopic (exact) mass is 319 g/mol. The summed E-state index contributed by atoms with van der Waals surface area (Å²) in [5.41, 5.74) is 5.40. The number of ether oxygens (including phenoxy) is 1. The van der Waals surface area contributed by atoms with Gasteiger partial charge in [-0.3, -0.25) is 0 Å². The van der Waals surface area contributed by atoms with Gasteiger partial charge in [0.1, 0.15) is 11.3 Å². The van der Waals surface area contributed by atoms with Gasteiger partial charge in [-0.25, -0.2) is 4.79 Å². The molecular formula is C20H17NO3. The maximum Gasteiger partial charge on any atom is 0.336 e. The van der Waals surface area contributed by atoms with Crippen LogP contribution in [0.2, 0.25) is 0 Å². The molecule has 0 aliphatic rings. The van der Waals surface area contributed by atoms with Gasteiger partial charge in [0.25, 0.3) is 0 Å². The molecule has 0 bridgehead atoms. The summed E-state index contributed by atoms with van der Waals surface area (Å²) >= 11 is 0. The molecule has 1 N–H and O–H groups in total. The molecule has 2 heterocycles. The number of aromatic nitrogens is 1. The number of hydrogen-bond acceptors (Lipinski definition) is 3. The molecule has 24 heavy (non-hydrogen) atoms. The lowest BCUT2D eigenvalue weighted by atomic mass is 9.97. The summed E-state index contributed by atoms with van der Waals surface area (Å²) < 4.78 is 10.7. The smallest absolute Gasteiger partial charge is 0.336 e. The minimum Gasteiger partial charge on any atom is -0.497 e. The second-order valence-corrected chi connectivity index (χ2v) is 5.94. The average Bonchev–Trinajstić information content (AvgIpc) is 2.89. The number of methoxy groups -OCH3 is 1. The number of fused-ring (bicyclic) bond motifs is 3. The van der Waals surface area contributed by atoms with Crippen molar-refractivity contribution in [1.82, 2.24) is 4.98 Å². The number of H-pyrrole nitrogens is 1. The first kappa shape index (κ1) is 14.6. The maximum absolute atomic E-state index is 12.0. The topological polar surface area (TPSA) is 55.2 Å². The van der Waals surface area contributed by atoms with Crippen LogP contribution in [-0.4, -0.2) is 12.1 Å². The molecule has 0 amide bonds. The molecular weight excluding hydrogens is 302 g/mol. The third kappa shape index (κ3) is 2.11. The fraction of sp³-hybridized carbons (Fsp3) is 0.150. The Bertz CT molecular complexity index is 1120. The van der Waals surface area contributed by atoms with Crippen molar-refractivity contribution in [1.29, 1.82) is 0 Å². The molecule has 120 valence electrons. The minimum atomic E-state index is -0.349. The number of rotatable bonds is 2. The van der Waals surface area contributed by atoms with Gasteiger partial charge in [-0.2, -0.15) is 0 Å². The van der Waals surface area contributed by atoms with Crippen molar-refractivity contribution in [2.24, 2.45) is 0 Å². The van der Waals surface area contributed by atoms with Gasteiger partial charge in [-0.05, 0) is 49.2 Å². The van der Waals surface area contributed by atoms with Crippen molar-refractivity contribution >= 4 is 21.9 Å². The molecule has 0 unspecified atom stereocenters. The number of nitrogens with one attached hydrogen (secondary N) is 1. The predicted molar refractivity (Wildman–Crippen MR) is 95.8 cm³/mol. The van der Waals surface area contributed by atoms with Crippen LogP contribution in [0.15, 0.2) is 51.7 Å². The molecule has 0 fully saturated rings. The molecule has 2 aromatic heterocycles. The second kappa shape index (κ2) is 5.27. The van der Waals surface area contributed by atoms with Gasteiger partial charge in [0.05, 0.1) is 7.11 Å². The summed E-state index contributed by atoms with van der Waals surface area (Å²) in [4.78, 5) is 15.4. The first-order valence-electron chi connectivity index (χ1n) is 7.78. The summed E-state index contributed by atoms with van der Waals surface area (Å²) in [5.74, 6) is 0.782. The average molecular weight is 319 g/mol. The van der Waals surface area contributed by atoms with Crippen LogP contribution in [0.4, 0.5) is 0 Å². The van der Waals surface area contributed by atoms with E-state index >= 15 is 0 Å². The lowest BCUT2D eigenvalue weighted by Gasteiger charge is -2.09. The minimum absolute atomic E-state index is 0.349. The SMILES string of the molecule is COc1ccc(-c2cc(=O)oc3ccc4[nH]c(C)c(C)c4c23)cc1. The van der Waals surface area contributed by atoms with Gasteiger partial charge >= 0.3 is 5.63 Å². The van der Waals surface area contributed by atoms with Gasteiger partial charge in [-0.1, -0.05) is 12.1 Å². The summed E-state index contributed by atoms with van der Waals surface area (Å²) in [7, 11) is 1.64. The summed E-state index contributed by atoms with van der Waals surface area (Å²) in [6, 6.07) is 13.1. The van der Waals surface area contributed by atoms with Crippen LogP contribution >= 0.6 is 0 Å². The van der Waals surface area contributed by atoms with Crippen molar-refractivity contribution < 1.29 is 9.15 Å². The van der Waals surface area contributed by atoms with Crippen molar-refractivity contribution in [3.05, 3.63) is 64.1 Å². The maximum atomic E-state index is 12.0. The fourth-order valence-electron chi connectivity index (χ4n) is 3.24. The normalized spacial score (nSPS) is 11.3. The molecule has 2 aromatic carbocycles. The van der Waals surface area contributed by atoms with E-state index in [2.05, 4.69) is 11.9 Å². The van der Waals surface area contributed by atoms with Gasteiger partial charge in [0, 0.05) is 33.6 Å². The highest BCUT2D eigenvalue weighted by Gasteiger charge is 2.15. The van der Waals surface area contributed by atoms with Crippen LogP contribution in [0.1, 0.15) is 11.3 Å². The summed E-state index contributed by atoms with van der Waals surface area (Å²) in [6.45, 7) is 4.13. The third-order valence-corrected chi connectivity index (χ3v) is 4.57. The van der Waals surface area contributed by atoms with E-state index in [1.165, 1.54) is 5.56 Å². The number of benzene rings is 2. The molecule has 0 atom stereocenters. The zero-order valence-electron chi connectivity index (χ0n) is 13.8. The predicted octanol–water partition coefficient (Wildman–Crippen LogP) is 4.57. The van der Waals surface area contributed by atoms with Crippen molar-refractivity contribution in [3.8, 4) is 16.9 Å². The Morgan fingerprint density at radius 3 is 2.46 bits per heavy atom. The van der Waals surface area contributed by atoms with E-state index in [0.29, 0.717) is 5.58 Å². The van der Waals surface area contributed by atoms with E-state index in [0.717, 1.165) is 38.9 Å². The largest absolute Gasteiger partial charge is 0.497 e. The van der Waals surface area contributed by atoms with Crippen molar-refractivity contribution in [3.63, 3.8) is 0 Å². The number of aromatic amines is 1. The zero-order chi connectivity index (χ0) is 16.8. The van der Waals surface area contributed by atoms with Gasteiger partial charge in [0.2, 0.25) is 0 Å². The highest BCUT2D eigenvalue weighted by atomic mass is 16.5. The fourth-order valence-corrected chi connectivity index (χ4v) is 3.24. The van der Waals surface area contributed by atoms with E-state index in [-0.39, 0.29) is 5.63 Å². The van der Waals surface area contributed by atoms with E-state index in [1.807, 2.05) is 43.3 Å². The van der Waals surface area contributed by atoms with Crippen LogP contribution in [0.5, 0.6) is 5.75 Å². The molecule has 4 nitrogen and oxygen atoms in total. The number of hydrogen-bond donors (Lipinski definition) is 1. The first-order chi connectivity index (χ1) is 11.6. The standard InChI is InChI=1S/C20H17NO3/c1-11-12(2)21-16-8-9-17-20(19(11)16)15(10-18(22)24-17)13-4-6-14(23-3)7-5-13/h4-10,21H,1-3H3. The molecule has 0 saturated heterocycles. The Morgan fingerprint density at radius 1 is 1.00 bits per heavy atom. The van der Waals surface area contributed by atoms with Gasteiger partial charge in [0.15, 0.2) is 0 Å². The van der Waals surface area contributed by atoms with Crippen molar-refractivity contribution in [2.75, 3.05) is 7.11 Å². The van der Waals surface area contributed by atoms with Crippen LogP contribution < -0.4 is 10.4 Å². The van der Waals surface area contributed by atoms with E-state index < -0.39 is 0 Å². The van der Waals surface area contributed by atoms with Crippen LogP contribution in [0.25, 0.3) is 33.0 Å². The highest BCUT2D eigenvalue weighted by Crippen LogP contribution is 2.36. The molecule has 0 saturated carbocycles. The molecule has 4 aromatic rings. The van der Waals surface area contributed by atoms with E-state index in [9.17, 15) is 4.79 Å². The van der Waals surface area contributed by atoms with Crippen LogP contribution in [-0.2, 0) is 0 Å². The second-order valence-electron chi connectivity index (χ2n) is 5.94. The Morgan fingerprint density at radius 2 is 1.75 bits per heavy atom. The van der Waals surface area contributed by atoms with E-state index in [4.69, 9.17) is 9.15 Å².